The molecule has 1 fully saturated rings. The molecule has 0 aliphatic carbocycles. The molecule has 0 aromatic heterocycles. The van der Waals surface area contributed by atoms with Gasteiger partial charge in [0.1, 0.15) is 11.4 Å². The highest BCUT2D eigenvalue weighted by Gasteiger charge is 2.35. The zero-order chi connectivity index (χ0) is 24.3. The number of anilines is 1. The molecule has 0 saturated carbocycles. The number of hydrogen-bond donors (Lipinski definition) is 2. The monoisotopic (exact) mass is 483 g/mol. The number of nitrogens with zero attached hydrogens (tertiary/aromatic N) is 1. The van der Waals surface area contributed by atoms with Gasteiger partial charge in [0.2, 0.25) is 0 Å². The van der Waals surface area contributed by atoms with E-state index in [9.17, 15) is 9.59 Å². The van der Waals surface area contributed by atoms with Crippen LogP contribution >= 0.6 is 11.9 Å². The van der Waals surface area contributed by atoms with Crippen LogP contribution in [0.1, 0.15) is 54.6 Å². The van der Waals surface area contributed by atoms with Crippen LogP contribution in [-0.4, -0.2) is 48.5 Å². The maximum Gasteiger partial charge on any atom is 0.410 e. The zero-order valence-corrected chi connectivity index (χ0v) is 21.0. The quantitative estimate of drug-likeness (QED) is 0.561. The molecule has 1 saturated heterocycles. The van der Waals surface area contributed by atoms with Crippen molar-refractivity contribution in [2.24, 2.45) is 5.92 Å². The smallest absolute Gasteiger partial charge is 0.410 e. The molecule has 2 aromatic rings. The van der Waals surface area contributed by atoms with Crippen LogP contribution in [0.3, 0.4) is 0 Å². The topological polar surface area (TPSA) is 79.9 Å². The van der Waals surface area contributed by atoms with Crippen LogP contribution in [0.25, 0.3) is 0 Å². The summed E-state index contributed by atoms with van der Waals surface area (Å²) in [4.78, 5) is 26.6. The standard InChI is InChI=1S/C26H33N3O4S/c1-26(2,3)33-25(31)29-12-11-22(17-5-8-20(9-6-17)28-34-4)19(15-29)16-32-21-10-7-18-14-27-24(30)23(18)13-21/h5-10,13,19,22,28H,11-12,14-16H2,1-4H3,(H,27,30)/t19?,22-/m0/s1. The number of likely N-dealkylation sites (tertiary alicyclic amines) is 1. The van der Waals surface area contributed by atoms with E-state index in [0.717, 1.165) is 17.7 Å². The Kier molecular flexibility index (Phi) is 7.26. The summed E-state index contributed by atoms with van der Waals surface area (Å²) in [6.07, 6.45) is 2.54. The molecule has 4 rings (SSSR count). The van der Waals surface area contributed by atoms with Gasteiger partial charge in [0.25, 0.3) is 5.91 Å². The molecule has 2 amide bonds. The van der Waals surface area contributed by atoms with Crippen molar-refractivity contribution in [2.75, 3.05) is 30.7 Å². The number of rotatable bonds is 6. The third-order valence-corrected chi connectivity index (χ3v) is 6.61. The van der Waals surface area contributed by atoms with E-state index in [1.807, 2.05) is 45.2 Å². The predicted molar refractivity (Wildman–Crippen MR) is 135 cm³/mol. The molecule has 8 heteroatoms. The van der Waals surface area contributed by atoms with Gasteiger partial charge < -0.3 is 24.4 Å². The van der Waals surface area contributed by atoms with Crippen molar-refractivity contribution in [3.63, 3.8) is 0 Å². The van der Waals surface area contributed by atoms with Crippen molar-refractivity contribution in [3.8, 4) is 5.75 Å². The molecule has 0 bridgehead atoms. The molecule has 0 radical (unpaired) electrons. The van der Waals surface area contributed by atoms with Crippen molar-refractivity contribution >= 4 is 29.6 Å². The lowest BCUT2D eigenvalue weighted by molar-refractivity contribution is 0.0111. The maximum absolute atomic E-state index is 12.8. The Hall–Kier alpha value is -2.87. The lowest BCUT2D eigenvalue weighted by Gasteiger charge is -2.39. The van der Waals surface area contributed by atoms with E-state index in [1.54, 1.807) is 16.8 Å². The van der Waals surface area contributed by atoms with E-state index in [-0.39, 0.29) is 23.8 Å². The highest BCUT2D eigenvalue weighted by Crippen LogP contribution is 2.35. The summed E-state index contributed by atoms with van der Waals surface area (Å²) in [6.45, 7) is 7.83. The second-order valence-electron chi connectivity index (χ2n) is 9.82. The van der Waals surface area contributed by atoms with Gasteiger partial charge in [-0.25, -0.2) is 4.79 Å². The average Bonchev–Trinajstić information content (AvgIpc) is 3.17. The predicted octanol–water partition coefficient (Wildman–Crippen LogP) is 5.04. The van der Waals surface area contributed by atoms with Crippen LogP contribution in [0.4, 0.5) is 10.5 Å². The minimum atomic E-state index is -0.537. The number of hydrogen-bond acceptors (Lipinski definition) is 6. The zero-order valence-electron chi connectivity index (χ0n) is 20.2. The highest BCUT2D eigenvalue weighted by molar-refractivity contribution is 7.99. The Morgan fingerprint density at radius 2 is 1.97 bits per heavy atom. The molecule has 0 spiro atoms. The number of carbonyl (C=O) groups excluding carboxylic acids is 2. The first-order chi connectivity index (χ1) is 16.2. The third-order valence-electron chi connectivity index (χ3n) is 6.17. The van der Waals surface area contributed by atoms with E-state index in [4.69, 9.17) is 9.47 Å². The number of fused-ring (bicyclic) bond motifs is 1. The fraction of sp³-hybridized carbons (Fsp3) is 0.462. The number of ether oxygens (including phenoxy) is 2. The normalized spacial score (nSPS) is 19.9. The van der Waals surface area contributed by atoms with E-state index in [0.29, 0.717) is 37.6 Å². The number of carbonyl (C=O) groups is 2. The lowest BCUT2D eigenvalue weighted by Crippen LogP contribution is -2.46. The number of piperidine rings is 1. The molecule has 2 heterocycles. The molecular weight excluding hydrogens is 450 g/mol. The van der Waals surface area contributed by atoms with Gasteiger partial charge in [-0.05, 0) is 68.5 Å². The van der Waals surface area contributed by atoms with Crippen LogP contribution in [0.15, 0.2) is 42.5 Å². The largest absolute Gasteiger partial charge is 0.493 e. The van der Waals surface area contributed by atoms with Crippen LogP contribution in [0.2, 0.25) is 0 Å². The van der Waals surface area contributed by atoms with Crippen molar-refractivity contribution in [2.45, 2.75) is 45.3 Å². The minimum Gasteiger partial charge on any atom is -0.493 e. The molecule has 2 N–H and O–H groups in total. The van der Waals surface area contributed by atoms with E-state index >= 15 is 0 Å². The third kappa shape index (κ3) is 5.78. The van der Waals surface area contributed by atoms with Gasteiger partial charge in [-0.2, -0.15) is 0 Å². The van der Waals surface area contributed by atoms with Crippen LogP contribution < -0.4 is 14.8 Å². The summed E-state index contributed by atoms with van der Waals surface area (Å²) in [5.41, 5.74) is 3.42. The van der Waals surface area contributed by atoms with Gasteiger partial charge in [0.15, 0.2) is 0 Å². The number of amides is 2. The number of benzene rings is 2. The first-order valence-electron chi connectivity index (χ1n) is 11.6. The SMILES string of the molecule is CSNc1ccc([C@@H]2CCN(C(=O)OC(C)(C)C)CC2COc2ccc3c(c2)C(=O)NC3)cc1. The van der Waals surface area contributed by atoms with Gasteiger partial charge in [-0.3, -0.25) is 4.79 Å². The molecule has 1 unspecified atom stereocenters. The van der Waals surface area contributed by atoms with Gasteiger partial charge in [0.05, 0.1) is 6.61 Å². The summed E-state index contributed by atoms with van der Waals surface area (Å²) in [6, 6.07) is 14.1. The first kappa shape index (κ1) is 24.3. The highest BCUT2D eigenvalue weighted by atomic mass is 32.2. The maximum atomic E-state index is 12.8. The second kappa shape index (κ2) is 10.2. The lowest BCUT2D eigenvalue weighted by atomic mass is 9.81. The number of nitrogens with one attached hydrogen (secondary N) is 2. The Labute approximate surface area is 205 Å². The van der Waals surface area contributed by atoms with Gasteiger partial charge in [0, 0.05) is 43.1 Å². The Morgan fingerprint density at radius 1 is 1.21 bits per heavy atom. The Morgan fingerprint density at radius 3 is 2.68 bits per heavy atom. The molecule has 2 atom stereocenters. The fourth-order valence-electron chi connectivity index (χ4n) is 4.53. The van der Waals surface area contributed by atoms with E-state index in [1.165, 1.54) is 5.56 Å². The summed E-state index contributed by atoms with van der Waals surface area (Å²) in [5.74, 6) is 0.942. The Bertz CT molecular complexity index is 1040. The van der Waals surface area contributed by atoms with Crippen molar-refractivity contribution in [3.05, 3.63) is 59.2 Å². The van der Waals surface area contributed by atoms with Gasteiger partial charge >= 0.3 is 6.09 Å². The first-order valence-corrected chi connectivity index (χ1v) is 12.9. The van der Waals surface area contributed by atoms with Gasteiger partial charge in [-0.1, -0.05) is 30.1 Å². The molecule has 34 heavy (non-hydrogen) atoms. The molecule has 2 aliphatic heterocycles. The van der Waals surface area contributed by atoms with Crippen molar-refractivity contribution < 1.29 is 19.1 Å². The summed E-state index contributed by atoms with van der Waals surface area (Å²) in [5, 5.41) is 2.84. The summed E-state index contributed by atoms with van der Waals surface area (Å²) >= 11 is 1.56. The van der Waals surface area contributed by atoms with Crippen LogP contribution in [0, 0.1) is 5.92 Å². The second-order valence-corrected chi connectivity index (χ2v) is 10.4. The van der Waals surface area contributed by atoms with Crippen LogP contribution in [-0.2, 0) is 11.3 Å². The molecule has 2 aliphatic rings. The van der Waals surface area contributed by atoms with E-state index in [2.05, 4.69) is 34.3 Å². The van der Waals surface area contributed by atoms with Crippen LogP contribution in [0.5, 0.6) is 5.75 Å². The molecule has 2 aromatic carbocycles. The van der Waals surface area contributed by atoms with Crippen molar-refractivity contribution in [1.82, 2.24) is 10.2 Å². The summed E-state index contributed by atoms with van der Waals surface area (Å²) < 4.78 is 15.1. The minimum absolute atomic E-state index is 0.0639. The molecular formula is C26H33N3O4S. The fourth-order valence-corrected chi connectivity index (χ4v) is 4.91. The van der Waals surface area contributed by atoms with E-state index < -0.39 is 5.60 Å². The van der Waals surface area contributed by atoms with Gasteiger partial charge in [-0.15, -0.1) is 0 Å². The Balaban J connectivity index is 1.50. The summed E-state index contributed by atoms with van der Waals surface area (Å²) in [7, 11) is 0. The van der Waals surface area contributed by atoms with Crippen molar-refractivity contribution in [1.29, 1.82) is 0 Å². The average molecular weight is 484 g/mol. The molecule has 182 valence electrons. The molecule has 7 nitrogen and oxygen atoms in total.